The first-order valence-electron chi connectivity index (χ1n) is 2.45. The number of ether oxygens (including phenoxy) is 1. The first-order chi connectivity index (χ1) is 3.91. The summed E-state index contributed by atoms with van der Waals surface area (Å²) in [7, 11) is 0. The monoisotopic (exact) mass is 132 g/mol. The molecule has 1 nitrogen and oxygen atoms in total. The van der Waals surface area contributed by atoms with Gasteiger partial charge in [0, 0.05) is 5.88 Å². The van der Waals surface area contributed by atoms with Crippen molar-refractivity contribution >= 4 is 11.6 Å². The molecule has 0 aromatic heterocycles. The van der Waals surface area contributed by atoms with Crippen molar-refractivity contribution in [3.8, 4) is 11.8 Å². The van der Waals surface area contributed by atoms with E-state index >= 15 is 0 Å². The van der Waals surface area contributed by atoms with Crippen molar-refractivity contribution in [2.45, 2.75) is 6.92 Å². The molecule has 0 aliphatic carbocycles. The third-order valence-corrected chi connectivity index (χ3v) is 0.727. The third-order valence-electron chi connectivity index (χ3n) is 0.572. The van der Waals surface area contributed by atoms with Gasteiger partial charge < -0.3 is 4.74 Å². The second kappa shape index (κ2) is 6.81. The van der Waals surface area contributed by atoms with Crippen molar-refractivity contribution in [2.75, 3.05) is 19.1 Å². The molecular formula is C6H9ClO. The Labute approximate surface area is 55.0 Å². The van der Waals surface area contributed by atoms with Crippen LogP contribution in [-0.2, 0) is 4.74 Å². The molecule has 0 amide bonds. The van der Waals surface area contributed by atoms with Gasteiger partial charge in [-0.15, -0.1) is 17.5 Å². The van der Waals surface area contributed by atoms with Crippen LogP contribution in [0.2, 0.25) is 0 Å². The molecule has 0 saturated carbocycles. The molecular weight excluding hydrogens is 124 g/mol. The smallest absolute Gasteiger partial charge is 0.107 e. The van der Waals surface area contributed by atoms with Gasteiger partial charge in [0.05, 0.1) is 6.61 Å². The van der Waals surface area contributed by atoms with Crippen molar-refractivity contribution in [1.82, 2.24) is 0 Å². The molecule has 0 rings (SSSR count). The lowest BCUT2D eigenvalue weighted by Crippen LogP contribution is -1.94. The number of alkyl halides is 1. The molecule has 0 N–H and O–H groups in total. The summed E-state index contributed by atoms with van der Waals surface area (Å²) in [5, 5.41) is 0. The Kier molecular flexibility index (Phi) is 6.65. The van der Waals surface area contributed by atoms with Crippen LogP contribution in [0.3, 0.4) is 0 Å². The highest BCUT2D eigenvalue weighted by Gasteiger charge is 1.77. The molecule has 0 radical (unpaired) electrons. The lowest BCUT2D eigenvalue weighted by molar-refractivity contribution is 0.184. The minimum absolute atomic E-state index is 0.503. The van der Waals surface area contributed by atoms with Crippen molar-refractivity contribution in [1.29, 1.82) is 0 Å². The Morgan fingerprint density at radius 2 is 2.38 bits per heavy atom. The van der Waals surface area contributed by atoms with Gasteiger partial charge in [0.15, 0.2) is 0 Å². The Morgan fingerprint density at radius 1 is 1.62 bits per heavy atom. The fourth-order valence-electron chi connectivity index (χ4n) is 0.250. The normalized spacial score (nSPS) is 7.75. The molecule has 0 atom stereocenters. The maximum absolute atomic E-state index is 5.31. The molecule has 0 aliphatic rings. The molecule has 46 valence electrons. The Bertz CT molecular complexity index is 90.4. The van der Waals surface area contributed by atoms with Gasteiger partial charge in [0.25, 0.3) is 0 Å². The lowest BCUT2D eigenvalue weighted by atomic mass is 10.6. The summed E-state index contributed by atoms with van der Waals surface area (Å²) >= 11 is 5.31. The number of rotatable bonds is 3. The summed E-state index contributed by atoms with van der Waals surface area (Å²) < 4.78 is 4.92. The van der Waals surface area contributed by atoms with E-state index in [0.29, 0.717) is 19.1 Å². The SMILES string of the molecule is CC#CCOCCCl. The van der Waals surface area contributed by atoms with Gasteiger partial charge in [0.1, 0.15) is 6.61 Å². The van der Waals surface area contributed by atoms with Crippen LogP contribution in [-0.4, -0.2) is 19.1 Å². The van der Waals surface area contributed by atoms with Gasteiger partial charge in [-0.05, 0) is 6.92 Å². The molecule has 0 fully saturated rings. The topological polar surface area (TPSA) is 9.23 Å². The summed E-state index contributed by atoms with van der Waals surface area (Å²) in [5.74, 6) is 6.01. The second-order valence-corrected chi connectivity index (χ2v) is 1.55. The van der Waals surface area contributed by atoms with Crippen LogP contribution >= 0.6 is 11.6 Å². The number of hydrogen-bond acceptors (Lipinski definition) is 1. The first-order valence-corrected chi connectivity index (χ1v) is 2.98. The highest BCUT2D eigenvalue weighted by atomic mass is 35.5. The fraction of sp³-hybridized carbons (Fsp3) is 0.667. The predicted molar refractivity (Wildman–Crippen MR) is 35.0 cm³/mol. The number of halogens is 1. The molecule has 0 bridgehead atoms. The van der Waals surface area contributed by atoms with Crippen molar-refractivity contribution in [3.05, 3.63) is 0 Å². The molecule has 0 heterocycles. The van der Waals surface area contributed by atoms with Gasteiger partial charge in [-0.1, -0.05) is 5.92 Å². The Morgan fingerprint density at radius 3 is 2.88 bits per heavy atom. The maximum atomic E-state index is 5.31. The molecule has 8 heavy (non-hydrogen) atoms. The first kappa shape index (κ1) is 7.81. The van der Waals surface area contributed by atoms with Crippen LogP contribution in [0.1, 0.15) is 6.92 Å². The zero-order valence-corrected chi connectivity index (χ0v) is 5.66. The summed E-state index contributed by atoms with van der Waals surface area (Å²) in [4.78, 5) is 0. The largest absolute Gasteiger partial charge is 0.368 e. The third kappa shape index (κ3) is 5.81. The van der Waals surface area contributed by atoms with Crippen LogP contribution < -0.4 is 0 Å². The quantitative estimate of drug-likeness (QED) is 0.319. The molecule has 0 aromatic carbocycles. The molecule has 0 aromatic rings. The standard InChI is InChI=1S/C6H9ClO/c1-2-3-5-8-6-4-7/h4-6H2,1H3. The summed E-state index contributed by atoms with van der Waals surface area (Å²) in [5.41, 5.74) is 0. The van der Waals surface area contributed by atoms with Crippen molar-refractivity contribution in [2.24, 2.45) is 0 Å². The number of hydrogen-bond donors (Lipinski definition) is 0. The zero-order valence-electron chi connectivity index (χ0n) is 4.91. The summed E-state index contributed by atoms with van der Waals surface area (Å²) in [6.45, 7) is 2.88. The van der Waals surface area contributed by atoms with E-state index in [-0.39, 0.29) is 0 Å². The minimum Gasteiger partial charge on any atom is -0.368 e. The minimum atomic E-state index is 0.503. The van der Waals surface area contributed by atoms with Crippen molar-refractivity contribution < 1.29 is 4.74 Å². The predicted octanol–water partition coefficient (Wildman–Crippen LogP) is 1.27. The van der Waals surface area contributed by atoms with E-state index in [1.54, 1.807) is 6.92 Å². The van der Waals surface area contributed by atoms with Crippen LogP contribution in [0, 0.1) is 11.8 Å². The average molecular weight is 133 g/mol. The van der Waals surface area contributed by atoms with E-state index in [2.05, 4.69) is 11.8 Å². The average Bonchev–Trinajstić information content (AvgIpc) is 1.81. The summed E-state index contributed by atoms with van der Waals surface area (Å²) in [6.07, 6.45) is 0. The van der Waals surface area contributed by atoms with Gasteiger partial charge in [-0.3, -0.25) is 0 Å². The second-order valence-electron chi connectivity index (χ2n) is 1.17. The van der Waals surface area contributed by atoms with Crippen molar-refractivity contribution in [3.63, 3.8) is 0 Å². The Balaban J connectivity index is 2.79. The zero-order chi connectivity index (χ0) is 6.24. The molecule has 0 spiro atoms. The molecule has 0 saturated heterocycles. The van der Waals surface area contributed by atoms with Gasteiger partial charge in [-0.2, -0.15) is 0 Å². The summed E-state index contributed by atoms with van der Waals surface area (Å²) in [6, 6.07) is 0. The van der Waals surface area contributed by atoms with Crippen LogP contribution in [0.4, 0.5) is 0 Å². The van der Waals surface area contributed by atoms with Crippen LogP contribution in [0.25, 0.3) is 0 Å². The van der Waals surface area contributed by atoms with E-state index < -0.39 is 0 Å². The van der Waals surface area contributed by atoms with Crippen LogP contribution in [0.5, 0.6) is 0 Å². The molecule has 0 unspecified atom stereocenters. The van der Waals surface area contributed by atoms with E-state index in [1.165, 1.54) is 0 Å². The Hall–Kier alpha value is -0.190. The maximum Gasteiger partial charge on any atom is 0.107 e. The van der Waals surface area contributed by atoms with Gasteiger partial charge in [0.2, 0.25) is 0 Å². The van der Waals surface area contributed by atoms with Gasteiger partial charge in [-0.25, -0.2) is 0 Å². The van der Waals surface area contributed by atoms with E-state index in [4.69, 9.17) is 16.3 Å². The van der Waals surface area contributed by atoms with Crippen LogP contribution in [0.15, 0.2) is 0 Å². The highest BCUT2D eigenvalue weighted by molar-refractivity contribution is 6.17. The van der Waals surface area contributed by atoms with Gasteiger partial charge >= 0.3 is 0 Å². The highest BCUT2D eigenvalue weighted by Crippen LogP contribution is 1.76. The van der Waals surface area contributed by atoms with E-state index in [9.17, 15) is 0 Å². The molecule has 0 aliphatic heterocycles. The fourth-order valence-corrected chi connectivity index (χ4v) is 0.359. The lowest BCUT2D eigenvalue weighted by Gasteiger charge is -1.90. The van der Waals surface area contributed by atoms with E-state index in [0.717, 1.165) is 0 Å². The molecule has 2 heteroatoms. The van der Waals surface area contributed by atoms with E-state index in [1.807, 2.05) is 0 Å².